The second-order valence-corrected chi connectivity index (χ2v) is 5.23. The molecule has 6 heteroatoms. The smallest absolute Gasteiger partial charge is 0.205 e. The fourth-order valence-corrected chi connectivity index (χ4v) is 2.23. The molecule has 0 bridgehead atoms. The van der Waals surface area contributed by atoms with Crippen LogP contribution in [0, 0.1) is 12.3 Å². The highest BCUT2D eigenvalue weighted by molar-refractivity contribution is 6.32. The van der Waals surface area contributed by atoms with Crippen LogP contribution in [0.1, 0.15) is 11.1 Å². The van der Waals surface area contributed by atoms with E-state index in [1.165, 1.54) is 0 Å². The van der Waals surface area contributed by atoms with Gasteiger partial charge in [-0.25, -0.2) is 4.98 Å². The molecule has 0 radical (unpaired) electrons. The molecule has 5 nitrogen and oxygen atoms in total. The van der Waals surface area contributed by atoms with Crippen molar-refractivity contribution in [1.29, 1.82) is 5.41 Å². The van der Waals surface area contributed by atoms with Gasteiger partial charge in [-0.3, -0.25) is 5.41 Å². The molecule has 3 aromatic rings. The molecular formula is C15H14ClN5. The molecule has 0 aliphatic heterocycles. The highest BCUT2D eigenvalue weighted by Gasteiger charge is 2.06. The van der Waals surface area contributed by atoms with Crippen LogP contribution in [0.15, 0.2) is 36.4 Å². The van der Waals surface area contributed by atoms with Crippen LogP contribution in [-0.4, -0.2) is 15.8 Å². The van der Waals surface area contributed by atoms with E-state index < -0.39 is 0 Å². The summed E-state index contributed by atoms with van der Waals surface area (Å²) in [6.07, 6.45) is 0. The van der Waals surface area contributed by atoms with Crippen molar-refractivity contribution in [2.75, 3.05) is 5.32 Å². The molecule has 0 aliphatic carbocycles. The number of nitrogen functional groups attached to an aromatic ring is 1. The van der Waals surface area contributed by atoms with E-state index in [2.05, 4.69) is 15.3 Å². The first-order valence-electron chi connectivity index (χ1n) is 6.40. The predicted molar refractivity (Wildman–Crippen MR) is 86.6 cm³/mol. The number of nitrogens with zero attached hydrogens (tertiary/aromatic N) is 1. The molecule has 0 spiro atoms. The van der Waals surface area contributed by atoms with Crippen LogP contribution in [-0.2, 0) is 0 Å². The number of H-pyrrole nitrogens is 1. The first kappa shape index (κ1) is 13.5. The molecule has 0 saturated carbocycles. The summed E-state index contributed by atoms with van der Waals surface area (Å²) in [4.78, 5) is 7.65. The summed E-state index contributed by atoms with van der Waals surface area (Å²) in [6.45, 7) is 1.95. The molecule has 0 aliphatic rings. The Bertz CT molecular complexity index is 781. The largest absolute Gasteiger partial charge is 0.384 e. The second-order valence-electron chi connectivity index (χ2n) is 4.82. The molecular weight excluding hydrogens is 286 g/mol. The lowest BCUT2D eigenvalue weighted by Gasteiger charge is -2.03. The van der Waals surface area contributed by atoms with E-state index in [-0.39, 0.29) is 5.84 Å². The lowest BCUT2D eigenvalue weighted by Crippen LogP contribution is -2.10. The summed E-state index contributed by atoms with van der Waals surface area (Å²) in [6, 6.07) is 11.1. The molecule has 0 saturated heterocycles. The minimum Gasteiger partial charge on any atom is -0.384 e. The molecule has 0 amide bonds. The minimum atomic E-state index is 0.0513. The van der Waals surface area contributed by atoms with Crippen molar-refractivity contribution in [3.63, 3.8) is 0 Å². The zero-order valence-corrected chi connectivity index (χ0v) is 12.1. The van der Waals surface area contributed by atoms with E-state index >= 15 is 0 Å². The van der Waals surface area contributed by atoms with Gasteiger partial charge in [-0.1, -0.05) is 11.6 Å². The summed E-state index contributed by atoms with van der Waals surface area (Å²) >= 11 is 6.10. The Hall–Kier alpha value is -2.53. The van der Waals surface area contributed by atoms with Gasteiger partial charge in [-0.2, -0.15) is 0 Å². The SMILES string of the molecule is Cc1cc2[nH]c(Nc3ccc(C(=N)N)cc3)nc2cc1Cl. The molecule has 0 fully saturated rings. The Morgan fingerprint density at radius 2 is 2.00 bits per heavy atom. The molecule has 21 heavy (non-hydrogen) atoms. The number of aryl methyl sites for hydroxylation is 1. The van der Waals surface area contributed by atoms with Gasteiger partial charge in [0.25, 0.3) is 0 Å². The zero-order chi connectivity index (χ0) is 15.0. The summed E-state index contributed by atoms with van der Waals surface area (Å²) in [5, 5.41) is 11.2. The summed E-state index contributed by atoms with van der Waals surface area (Å²) in [5.74, 6) is 0.692. The quantitative estimate of drug-likeness (QED) is 0.440. The van der Waals surface area contributed by atoms with Gasteiger partial charge in [0.2, 0.25) is 5.95 Å². The fraction of sp³-hybridized carbons (Fsp3) is 0.0667. The van der Waals surface area contributed by atoms with Gasteiger partial charge in [0, 0.05) is 16.3 Å². The number of hydrogen-bond acceptors (Lipinski definition) is 3. The number of nitrogens with one attached hydrogen (secondary N) is 3. The Labute approximate surface area is 126 Å². The van der Waals surface area contributed by atoms with E-state index in [1.807, 2.05) is 31.2 Å². The number of benzene rings is 2. The predicted octanol–water partition coefficient (Wildman–Crippen LogP) is 3.55. The summed E-state index contributed by atoms with van der Waals surface area (Å²) in [5.41, 5.74) is 9.73. The first-order chi connectivity index (χ1) is 10.0. The molecule has 3 rings (SSSR count). The molecule has 0 unspecified atom stereocenters. The Kier molecular flexibility index (Phi) is 3.27. The maximum absolute atomic E-state index is 7.37. The zero-order valence-electron chi connectivity index (χ0n) is 11.4. The van der Waals surface area contributed by atoms with Gasteiger partial charge in [0.15, 0.2) is 0 Å². The first-order valence-corrected chi connectivity index (χ1v) is 6.78. The third-order valence-electron chi connectivity index (χ3n) is 3.22. The molecule has 1 heterocycles. The average Bonchev–Trinajstić information content (AvgIpc) is 2.81. The molecule has 1 aromatic heterocycles. The summed E-state index contributed by atoms with van der Waals surface area (Å²) in [7, 11) is 0. The van der Waals surface area contributed by atoms with Gasteiger partial charge in [-0.05, 0) is 48.9 Å². The lowest BCUT2D eigenvalue weighted by molar-refractivity contribution is 1.31. The number of imidazole rings is 1. The number of nitrogens with two attached hydrogens (primary N) is 1. The van der Waals surface area contributed by atoms with Crippen LogP contribution in [0.4, 0.5) is 11.6 Å². The normalized spacial score (nSPS) is 10.8. The van der Waals surface area contributed by atoms with Crippen LogP contribution < -0.4 is 11.1 Å². The third-order valence-corrected chi connectivity index (χ3v) is 3.63. The van der Waals surface area contributed by atoms with E-state index in [9.17, 15) is 0 Å². The molecule has 2 aromatic carbocycles. The van der Waals surface area contributed by atoms with Gasteiger partial charge >= 0.3 is 0 Å². The highest BCUT2D eigenvalue weighted by Crippen LogP contribution is 2.24. The topological polar surface area (TPSA) is 90.6 Å². The second kappa shape index (κ2) is 5.10. The number of rotatable bonds is 3. The van der Waals surface area contributed by atoms with E-state index in [0.29, 0.717) is 16.5 Å². The van der Waals surface area contributed by atoms with Crippen molar-refractivity contribution >= 4 is 40.1 Å². The van der Waals surface area contributed by atoms with Crippen molar-refractivity contribution in [2.24, 2.45) is 5.73 Å². The Morgan fingerprint density at radius 1 is 1.29 bits per heavy atom. The monoisotopic (exact) mass is 299 g/mol. The van der Waals surface area contributed by atoms with Gasteiger partial charge in [-0.15, -0.1) is 0 Å². The number of fused-ring (bicyclic) bond motifs is 1. The third kappa shape index (κ3) is 2.68. The lowest BCUT2D eigenvalue weighted by atomic mass is 10.2. The number of halogens is 1. The van der Waals surface area contributed by atoms with Crippen molar-refractivity contribution in [1.82, 2.24) is 9.97 Å². The van der Waals surface area contributed by atoms with Crippen molar-refractivity contribution in [2.45, 2.75) is 6.92 Å². The van der Waals surface area contributed by atoms with Gasteiger partial charge in [0.1, 0.15) is 5.84 Å². The van der Waals surface area contributed by atoms with Crippen LogP contribution in [0.25, 0.3) is 11.0 Å². The maximum atomic E-state index is 7.37. The highest BCUT2D eigenvalue weighted by atomic mass is 35.5. The van der Waals surface area contributed by atoms with Crippen LogP contribution in [0.5, 0.6) is 0 Å². The van der Waals surface area contributed by atoms with Crippen molar-refractivity contribution in [3.8, 4) is 0 Å². The Morgan fingerprint density at radius 3 is 2.67 bits per heavy atom. The fourth-order valence-electron chi connectivity index (χ4n) is 2.07. The number of aromatic nitrogens is 2. The minimum absolute atomic E-state index is 0.0513. The van der Waals surface area contributed by atoms with Gasteiger partial charge in [0.05, 0.1) is 11.0 Å². The Balaban J connectivity index is 1.89. The van der Waals surface area contributed by atoms with Crippen molar-refractivity contribution in [3.05, 3.63) is 52.5 Å². The van der Waals surface area contributed by atoms with E-state index in [1.54, 1.807) is 12.1 Å². The van der Waals surface area contributed by atoms with E-state index in [0.717, 1.165) is 22.3 Å². The van der Waals surface area contributed by atoms with Crippen LogP contribution >= 0.6 is 11.6 Å². The van der Waals surface area contributed by atoms with Crippen LogP contribution in [0.3, 0.4) is 0 Å². The van der Waals surface area contributed by atoms with Gasteiger partial charge < -0.3 is 16.0 Å². The number of anilines is 2. The molecule has 0 atom stereocenters. The molecule has 106 valence electrons. The van der Waals surface area contributed by atoms with Crippen molar-refractivity contribution < 1.29 is 0 Å². The maximum Gasteiger partial charge on any atom is 0.205 e. The number of aromatic amines is 1. The number of amidine groups is 1. The summed E-state index contributed by atoms with van der Waals surface area (Å²) < 4.78 is 0. The standard InChI is InChI=1S/C15H14ClN5/c1-8-6-12-13(7-11(8)16)21-15(20-12)19-10-4-2-9(3-5-10)14(17)18/h2-7H,1H3,(H3,17,18)(H2,19,20,21). The van der Waals surface area contributed by atoms with Crippen LogP contribution in [0.2, 0.25) is 5.02 Å². The van der Waals surface area contributed by atoms with E-state index in [4.69, 9.17) is 22.7 Å². The average molecular weight is 300 g/mol. The number of hydrogen-bond donors (Lipinski definition) is 4. The molecule has 5 N–H and O–H groups in total.